The zero-order chi connectivity index (χ0) is 14.4. The maximum Gasteiger partial charge on any atom is 0.308 e. The summed E-state index contributed by atoms with van der Waals surface area (Å²) in [6, 6.07) is 9.35. The Bertz CT molecular complexity index is 578. The van der Waals surface area contributed by atoms with Crippen LogP contribution in [0.1, 0.15) is 6.42 Å². The predicted molar refractivity (Wildman–Crippen MR) is 80.4 cm³/mol. The van der Waals surface area contributed by atoms with Crippen LogP contribution in [-0.2, 0) is 9.53 Å². The lowest BCUT2D eigenvalue weighted by atomic mass is 10.3. The SMILES string of the molecule is COC=S1C=NC(COc2ccccc2)=C1CC(=O)O. The number of para-hydroxylation sites is 1. The largest absolute Gasteiger partial charge is 0.487 e. The van der Waals surface area contributed by atoms with Crippen LogP contribution in [0.5, 0.6) is 5.75 Å². The van der Waals surface area contributed by atoms with Gasteiger partial charge in [-0.15, -0.1) is 0 Å². The maximum absolute atomic E-state index is 10.9. The summed E-state index contributed by atoms with van der Waals surface area (Å²) < 4.78 is 10.6. The molecule has 2 rings (SSSR count). The molecule has 1 aromatic rings. The number of ether oxygens (including phenoxy) is 2. The van der Waals surface area contributed by atoms with Gasteiger partial charge in [-0.05, 0) is 12.1 Å². The lowest BCUT2D eigenvalue weighted by Gasteiger charge is -2.08. The van der Waals surface area contributed by atoms with Gasteiger partial charge in [-0.2, -0.15) is 0 Å². The van der Waals surface area contributed by atoms with Crippen molar-refractivity contribution in [3.05, 3.63) is 40.9 Å². The highest BCUT2D eigenvalue weighted by Crippen LogP contribution is 2.34. The van der Waals surface area contributed by atoms with E-state index in [9.17, 15) is 4.79 Å². The van der Waals surface area contributed by atoms with Gasteiger partial charge in [0.05, 0.1) is 23.2 Å². The number of aliphatic carboxylic acids is 1. The lowest BCUT2D eigenvalue weighted by Crippen LogP contribution is -2.03. The number of rotatable bonds is 6. The van der Waals surface area contributed by atoms with E-state index >= 15 is 0 Å². The highest BCUT2D eigenvalue weighted by Gasteiger charge is 2.18. The predicted octanol–water partition coefficient (Wildman–Crippen LogP) is 2.47. The molecule has 6 heteroatoms. The van der Waals surface area contributed by atoms with Gasteiger partial charge < -0.3 is 14.6 Å². The van der Waals surface area contributed by atoms with Crippen LogP contribution >= 0.6 is 10.5 Å². The van der Waals surface area contributed by atoms with E-state index in [1.54, 1.807) is 11.1 Å². The number of methoxy groups -OCH3 is 1. The second-order valence-corrected chi connectivity index (χ2v) is 5.62. The second-order valence-electron chi connectivity index (χ2n) is 3.98. The first-order chi connectivity index (χ1) is 9.70. The van der Waals surface area contributed by atoms with E-state index < -0.39 is 16.5 Å². The van der Waals surface area contributed by atoms with Gasteiger partial charge >= 0.3 is 5.97 Å². The van der Waals surface area contributed by atoms with Crippen LogP contribution < -0.4 is 4.74 Å². The Morgan fingerprint density at radius 3 is 2.80 bits per heavy atom. The average Bonchev–Trinajstić information content (AvgIpc) is 2.80. The summed E-state index contributed by atoms with van der Waals surface area (Å²) in [4.78, 5) is 15.9. The Morgan fingerprint density at radius 2 is 2.15 bits per heavy atom. The highest BCUT2D eigenvalue weighted by atomic mass is 32.2. The van der Waals surface area contributed by atoms with E-state index in [2.05, 4.69) is 4.99 Å². The fraction of sp³-hybridized carbons (Fsp3) is 0.214. The maximum atomic E-state index is 10.9. The standard InChI is InChI=1S/C14H15NO4S/c1-18-10-20-9-15-12(13(20)7-14(16)17)8-19-11-5-3-2-4-6-11/h2-6,9-10H,7-8H2,1H3,(H,16,17). The molecule has 0 amide bonds. The molecule has 0 radical (unpaired) electrons. The van der Waals surface area contributed by atoms with Crippen LogP contribution in [0.25, 0.3) is 0 Å². The number of benzene rings is 1. The summed E-state index contributed by atoms with van der Waals surface area (Å²) in [5.74, 6) is -0.155. The highest BCUT2D eigenvalue weighted by molar-refractivity contribution is 8.29. The Hall–Kier alpha value is -1.92. The second kappa shape index (κ2) is 7.02. The van der Waals surface area contributed by atoms with Crippen molar-refractivity contribution in [1.29, 1.82) is 0 Å². The van der Waals surface area contributed by atoms with Crippen LogP contribution in [-0.4, -0.2) is 35.9 Å². The van der Waals surface area contributed by atoms with Crippen LogP contribution in [0.2, 0.25) is 0 Å². The van der Waals surface area contributed by atoms with Gasteiger partial charge in [-0.3, -0.25) is 9.79 Å². The number of carboxylic acids is 1. The molecule has 1 aliphatic heterocycles. The minimum Gasteiger partial charge on any atom is -0.487 e. The molecule has 0 spiro atoms. The molecular formula is C14H15NO4S. The van der Waals surface area contributed by atoms with Gasteiger partial charge in [-0.1, -0.05) is 28.7 Å². The quantitative estimate of drug-likeness (QED) is 0.818. The molecule has 20 heavy (non-hydrogen) atoms. The molecule has 1 heterocycles. The number of nitrogens with zero attached hydrogens (tertiary/aromatic N) is 1. The number of hydrogen-bond acceptors (Lipinski definition) is 4. The van der Waals surface area contributed by atoms with E-state index in [-0.39, 0.29) is 13.0 Å². The molecule has 1 aromatic carbocycles. The van der Waals surface area contributed by atoms with E-state index in [0.717, 1.165) is 10.7 Å². The Labute approximate surface area is 119 Å². The van der Waals surface area contributed by atoms with Gasteiger partial charge in [0.15, 0.2) is 0 Å². The molecule has 1 aliphatic rings. The number of carboxylic acid groups (broad SMARTS) is 1. The Morgan fingerprint density at radius 1 is 1.40 bits per heavy atom. The third-order valence-corrected chi connectivity index (χ3v) is 4.24. The van der Waals surface area contributed by atoms with Crippen LogP contribution in [0.4, 0.5) is 0 Å². The van der Waals surface area contributed by atoms with Gasteiger partial charge in [-0.25, -0.2) is 0 Å². The zero-order valence-corrected chi connectivity index (χ0v) is 11.8. The van der Waals surface area contributed by atoms with Crippen molar-refractivity contribution < 1.29 is 19.4 Å². The lowest BCUT2D eigenvalue weighted by molar-refractivity contribution is -0.136. The first-order valence-corrected chi connectivity index (χ1v) is 7.29. The summed E-state index contributed by atoms with van der Waals surface area (Å²) in [6.07, 6.45) is -0.0591. The fourth-order valence-corrected chi connectivity index (χ4v) is 3.10. The van der Waals surface area contributed by atoms with Gasteiger partial charge in [0, 0.05) is 12.0 Å². The summed E-state index contributed by atoms with van der Waals surface area (Å²) in [7, 11) is 1.05. The number of carbonyl (C=O) groups is 1. The van der Waals surface area contributed by atoms with Crippen molar-refractivity contribution in [1.82, 2.24) is 0 Å². The molecule has 106 valence electrons. The summed E-state index contributed by atoms with van der Waals surface area (Å²) in [5.41, 5.74) is 3.95. The zero-order valence-electron chi connectivity index (χ0n) is 11.0. The normalized spacial score (nSPS) is 17.8. The molecule has 1 atom stereocenters. The van der Waals surface area contributed by atoms with Gasteiger partial charge in [0.25, 0.3) is 0 Å². The summed E-state index contributed by atoms with van der Waals surface area (Å²) in [5, 5.41) is 8.98. The van der Waals surface area contributed by atoms with Gasteiger partial charge in [0.2, 0.25) is 0 Å². The molecule has 0 bridgehead atoms. The van der Waals surface area contributed by atoms with Crippen LogP contribution in [0, 0.1) is 0 Å². The first-order valence-electron chi connectivity index (χ1n) is 5.94. The van der Waals surface area contributed by atoms with Gasteiger partial charge in [0.1, 0.15) is 12.4 Å². The molecule has 0 aliphatic carbocycles. The van der Waals surface area contributed by atoms with Crippen molar-refractivity contribution in [3.63, 3.8) is 0 Å². The van der Waals surface area contributed by atoms with E-state index in [1.165, 1.54) is 7.11 Å². The summed E-state index contributed by atoms with van der Waals surface area (Å²) >= 11 is 0. The Balaban J connectivity index is 2.13. The van der Waals surface area contributed by atoms with Crippen LogP contribution in [0.3, 0.4) is 0 Å². The average molecular weight is 293 g/mol. The molecular weight excluding hydrogens is 278 g/mol. The molecule has 1 unspecified atom stereocenters. The third kappa shape index (κ3) is 3.79. The van der Waals surface area contributed by atoms with E-state index in [0.29, 0.717) is 5.70 Å². The first kappa shape index (κ1) is 14.5. The molecule has 5 nitrogen and oxygen atoms in total. The fourth-order valence-electron chi connectivity index (χ4n) is 1.69. The van der Waals surface area contributed by atoms with E-state index in [4.69, 9.17) is 14.6 Å². The Kier molecular flexibility index (Phi) is 5.09. The van der Waals surface area contributed by atoms with Crippen molar-refractivity contribution in [2.45, 2.75) is 6.42 Å². The molecule has 1 N–H and O–H groups in total. The monoisotopic (exact) mass is 293 g/mol. The van der Waals surface area contributed by atoms with E-state index in [1.807, 2.05) is 30.3 Å². The molecule has 0 saturated heterocycles. The third-order valence-electron chi connectivity index (χ3n) is 2.56. The molecule has 0 saturated carbocycles. The number of aliphatic imine (C=N–C) groups is 1. The minimum absolute atomic E-state index is 0.0591. The number of hydrogen-bond donors (Lipinski definition) is 1. The summed E-state index contributed by atoms with van der Waals surface area (Å²) in [6.45, 7) is 0.254. The van der Waals surface area contributed by atoms with Crippen LogP contribution in [0.15, 0.2) is 45.9 Å². The van der Waals surface area contributed by atoms with Crippen molar-refractivity contribution in [2.24, 2.45) is 4.99 Å². The smallest absolute Gasteiger partial charge is 0.308 e. The molecule has 0 aromatic heterocycles. The van der Waals surface area contributed by atoms with Crippen molar-refractivity contribution in [2.75, 3.05) is 13.7 Å². The van der Waals surface area contributed by atoms with Crippen molar-refractivity contribution in [3.8, 4) is 5.75 Å². The minimum atomic E-state index is -0.885. The molecule has 0 fully saturated rings. The topological polar surface area (TPSA) is 68.1 Å². The van der Waals surface area contributed by atoms with Crippen molar-refractivity contribution >= 4 is 27.6 Å².